The topological polar surface area (TPSA) is 38.7 Å². The maximum Gasteiger partial charge on any atom is 0.187 e. The third kappa shape index (κ3) is 2.56. The molecule has 84 valence electrons. The molecule has 0 radical (unpaired) electrons. The van der Waals surface area contributed by atoms with Crippen molar-refractivity contribution in [3.63, 3.8) is 0 Å². The van der Waals surface area contributed by atoms with Crippen molar-refractivity contribution < 1.29 is 14.6 Å². The molecule has 1 rings (SSSR count). The predicted octanol–water partition coefficient (Wildman–Crippen LogP) is 1.96. The summed E-state index contributed by atoms with van der Waals surface area (Å²) in [6.07, 6.45) is -1.37. The van der Waals surface area contributed by atoms with E-state index in [9.17, 15) is 5.11 Å². The lowest BCUT2D eigenvalue weighted by Crippen LogP contribution is -2.23. The average molecular weight is 210 g/mol. The Hall–Kier alpha value is -0.900. The summed E-state index contributed by atoms with van der Waals surface area (Å²) >= 11 is 0. The second-order valence-corrected chi connectivity index (χ2v) is 3.57. The lowest BCUT2D eigenvalue weighted by molar-refractivity contribution is -0.166. The van der Waals surface area contributed by atoms with Gasteiger partial charge in [-0.1, -0.05) is 18.2 Å². The molecule has 0 aromatic heterocycles. The molecular weight excluding hydrogens is 192 g/mol. The maximum absolute atomic E-state index is 10.0. The van der Waals surface area contributed by atoms with Gasteiger partial charge in [0, 0.05) is 14.2 Å². The van der Waals surface area contributed by atoms with E-state index in [1.165, 1.54) is 14.2 Å². The van der Waals surface area contributed by atoms with Gasteiger partial charge in [0.05, 0.1) is 0 Å². The number of benzene rings is 1. The van der Waals surface area contributed by atoms with Crippen molar-refractivity contribution in [1.29, 1.82) is 0 Å². The molecule has 3 nitrogen and oxygen atoms in total. The summed E-state index contributed by atoms with van der Waals surface area (Å²) in [5, 5.41) is 10.0. The van der Waals surface area contributed by atoms with Crippen LogP contribution in [0.4, 0.5) is 0 Å². The van der Waals surface area contributed by atoms with Gasteiger partial charge in [-0.05, 0) is 30.5 Å². The first kappa shape index (κ1) is 12.2. The normalized spacial score (nSPS) is 13.2. The van der Waals surface area contributed by atoms with Crippen LogP contribution in [0.15, 0.2) is 18.2 Å². The van der Waals surface area contributed by atoms with Gasteiger partial charge in [0.2, 0.25) is 0 Å². The number of aliphatic hydroxyl groups is 1. The van der Waals surface area contributed by atoms with Gasteiger partial charge >= 0.3 is 0 Å². The molecule has 1 N–H and O–H groups in total. The second kappa shape index (κ2) is 5.26. The monoisotopic (exact) mass is 210 g/mol. The number of hydrogen-bond donors (Lipinski definition) is 1. The molecule has 0 saturated carbocycles. The van der Waals surface area contributed by atoms with Crippen LogP contribution in [-0.4, -0.2) is 25.6 Å². The van der Waals surface area contributed by atoms with E-state index in [1.807, 2.05) is 32.0 Å². The van der Waals surface area contributed by atoms with Crippen molar-refractivity contribution in [3.8, 4) is 0 Å². The Morgan fingerprint density at radius 1 is 1.13 bits per heavy atom. The van der Waals surface area contributed by atoms with Gasteiger partial charge in [-0.15, -0.1) is 0 Å². The standard InChI is InChI=1S/C12H18O3/c1-8-6-5-7-10(9(8)2)11(13)12(14-3)15-4/h5-7,11-13H,1-4H3. The zero-order chi connectivity index (χ0) is 11.4. The Bertz CT molecular complexity index is 319. The minimum absolute atomic E-state index is 0.620. The van der Waals surface area contributed by atoms with Crippen LogP contribution in [-0.2, 0) is 9.47 Å². The number of ether oxygens (including phenoxy) is 2. The molecule has 0 bridgehead atoms. The van der Waals surface area contributed by atoms with E-state index in [0.717, 1.165) is 16.7 Å². The van der Waals surface area contributed by atoms with E-state index < -0.39 is 12.4 Å². The van der Waals surface area contributed by atoms with Gasteiger partial charge in [-0.25, -0.2) is 0 Å². The number of rotatable bonds is 4. The SMILES string of the molecule is COC(OC)C(O)c1cccc(C)c1C. The highest BCUT2D eigenvalue weighted by atomic mass is 16.7. The van der Waals surface area contributed by atoms with Gasteiger partial charge in [0.25, 0.3) is 0 Å². The van der Waals surface area contributed by atoms with Gasteiger partial charge in [0.15, 0.2) is 6.29 Å². The van der Waals surface area contributed by atoms with E-state index in [2.05, 4.69) is 0 Å². The average Bonchev–Trinajstić information content (AvgIpc) is 2.23. The molecule has 1 unspecified atom stereocenters. The molecule has 0 spiro atoms. The summed E-state index contributed by atoms with van der Waals surface area (Å²) in [5.41, 5.74) is 3.07. The maximum atomic E-state index is 10.0. The third-order valence-electron chi connectivity index (χ3n) is 2.69. The number of aryl methyl sites for hydroxylation is 1. The molecule has 1 aromatic rings. The smallest absolute Gasteiger partial charge is 0.187 e. The van der Waals surface area contributed by atoms with Crippen LogP contribution in [0.3, 0.4) is 0 Å². The molecule has 3 heteroatoms. The van der Waals surface area contributed by atoms with Crippen LogP contribution in [0.2, 0.25) is 0 Å². The van der Waals surface area contributed by atoms with Gasteiger partial charge < -0.3 is 14.6 Å². The summed E-state index contributed by atoms with van der Waals surface area (Å²) < 4.78 is 10.1. The number of aliphatic hydroxyl groups excluding tert-OH is 1. The lowest BCUT2D eigenvalue weighted by Gasteiger charge is -2.22. The largest absolute Gasteiger partial charge is 0.383 e. The van der Waals surface area contributed by atoms with Gasteiger partial charge in [0.1, 0.15) is 6.10 Å². The number of hydrogen-bond acceptors (Lipinski definition) is 3. The molecule has 1 atom stereocenters. The molecule has 0 saturated heterocycles. The zero-order valence-corrected chi connectivity index (χ0v) is 9.65. The van der Waals surface area contributed by atoms with Crippen molar-refractivity contribution in [2.24, 2.45) is 0 Å². The van der Waals surface area contributed by atoms with Crippen LogP contribution >= 0.6 is 0 Å². The second-order valence-electron chi connectivity index (χ2n) is 3.57. The molecule has 0 aliphatic carbocycles. The van der Waals surface area contributed by atoms with Crippen molar-refractivity contribution in [3.05, 3.63) is 34.9 Å². The predicted molar refractivity (Wildman–Crippen MR) is 58.7 cm³/mol. The minimum atomic E-state index is -0.750. The Kier molecular flexibility index (Phi) is 4.27. The van der Waals surface area contributed by atoms with Crippen LogP contribution in [0.25, 0.3) is 0 Å². The Morgan fingerprint density at radius 3 is 2.27 bits per heavy atom. The molecule has 0 heterocycles. The van der Waals surface area contributed by atoms with E-state index in [1.54, 1.807) is 0 Å². The first-order chi connectivity index (χ1) is 7.11. The van der Waals surface area contributed by atoms with Crippen LogP contribution in [0.5, 0.6) is 0 Å². The summed E-state index contributed by atoms with van der Waals surface area (Å²) in [6, 6.07) is 5.82. The molecule has 0 fully saturated rings. The van der Waals surface area contributed by atoms with Crippen molar-refractivity contribution >= 4 is 0 Å². The fourth-order valence-corrected chi connectivity index (χ4v) is 1.59. The van der Waals surface area contributed by atoms with Crippen molar-refractivity contribution in [2.45, 2.75) is 26.2 Å². The molecule has 1 aromatic carbocycles. The van der Waals surface area contributed by atoms with Crippen LogP contribution in [0.1, 0.15) is 22.8 Å². The number of methoxy groups -OCH3 is 2. The highest BCUT2D eigenvalue weighted by Gasteiger charge is 2.21. The van der Waals surface area contributed by atoms with E-state index in [4.69, 9.17) is 9.47 Å². The Labute approximate surface area is 90.6 Å². The Morgan fingerprint density at radius 2 is 1.73 bits per heavy atom. The van der Waals surface area contributed by atoms with E-state index >= 15 is 0 Å². The Balaban J connectivity index is 2.99. The summed E-state index contributed by atoms with van der Waals surface area (Å²) in [5.74, 6) is 0. The first-order valence-electron chi connectivity index (χ1n) is 4.91. The first-order valence-corrected chi connectivity index (χ1v) is 4.91. The van der Waals surface area contributed by atoms with Crippen LogP contribution < -0.4 is 0 Å². The molecule has 0 aliphatic rings. The van der Waals surface area contributed by atoms with Crippen molar-refractivity contribution in [2.75, 3.05) is 14.2 Å². The summed E-state index contributed by atoms with van der Waals surface area (Å²) in [6.45, 7) is 4.00. The zero-order valence-electron chi connectivity index (χ0n) is 9.65. The highest BCUT2D eigenvalue weighted by Crippen LogP contribution is 2.24. The van der Waals surface area contributed by atoms with Gasteiger partial charge in [-0.3, -0.25) is 0 Å². The van der Waals surface area contributed by atoms with Gasteiger partial charge in [-0.2, -0.15) is 0 Å². The quantitative estimate of drug-likeness (QED) is 0.772. The molecular formula is C12H18O3. The highest BCUT2D eigenvalue weighted by molar-refractivity contribution is 5.34. The minimum Gasteiger partial charge on any atom is -0.383 e. The molecule has 0 aliphatic heterocycles. The summed E-state index contributed by atoms with van der Waals surface area (Å²) in [4.78, 5) is 0. The molecule has 0 amide bonds. The fraction of sp³-hybridized carbons (Fsp3) is 0.500. The fourth-order valence-electron chi connectivity index (χ4n) is 1.59. The van der Waals surface area contributed by atoms with E-state index in [0.29, 0.717) is 0 Å². The summed E-state index contributed by atoms with van der Waals surface area (Å²) in [7, 11) is 3.03. The van der Waals surface area contributed by atoms with Crippen LogP contribution in [0, 0.1) is 13.8 Å². The molecule has 15 heavy (non-hydrogen) atoms. The lowest BCUT2D eigenvalue weighted by atomic mass is 9.99. The third-order valence-corrected chi connectivity index (χ3v) is 2.69. The van der Waals surface area contributed by atoms with E-state index in [-0.39, 0.29) is 0 Å². The van der Waals surface area contributed by atoms with Crippen molar-refractivity contribution in [1.82, 2.24) is 0 Å².